The topological polar surface area (TPSA) is 9.23 Å². The van der Waals surface area contributed by atoms with Crippen LogP contribution < -0.4 is 0 Å². The molecule has 0 N–H and O–H groups in total. The molecule has 0 aromatic heterocycles. The zero-order valence-corrected chi connectivity index (χ0v) is 13.0. The van der Waals surface area contributed by atoms with Crippen molar-refractivity contribution in [2.45, 2.75) is 25.0 Å². The van der Waals surface area contributed by atoms with Gasteiger partial charge in [-0.05, 0) is 19.3 Å². The Morgan fingerprint density at radius 3 is 2.00 bits per heavy atom. The lowest BCUT2D eigenvalue weighted by atomic mass is 10.2. The summed E-state index contributed by atoms with van der Waals surface area (Å²) >= 11 is 19.9. The van der Waals surface area contributed by atoms with Crippen LogP contribution in [0.5, 0.6) is 0 Å². The zero-order chi connectivity index (χ0) is 10.3. The number of hydrogen-bond donors (Lipinski definition) is 0. The van der Waals surface area contributed by atoms with Crippen molar-refractivity contribution >= 4 is 66.5 Å². The van der Waals surface area contributed by atoms with E-state index < -0.39 is 5.31 Å². The van der Waals surface area contributed by atoms with Gasteiger partial charge in [0.2, 0.25) is 0 Å². The number of hydrogen-bond acceptors (Lipinski definition) is 1. The quantitative estimate of drug-likeness (QED) is 0.528. The third kappa shape index (κ3) is 13.6. The molecule has 13 heavy (non-hydrogen) atoms. The molecule has 1 aliphatic rings. The molecule has 1 saturated heterocycles. The summed E-state index contributed by atoms with van der Waals surface area (Å²) in [6, 6.07) is 0. The van der Waals surface area contributed by atoms with E-state index in [4.69, 9.17) is 49.1 Å². The number of halogens is 4. The molecule has 0 aromatic carbocycles. The molecule has 0 saturated carbocycles. The van der Waals surface area contributed by atoms with Gasteiger partial charge in [0.1, 0.15) is 0 Å². The fourth-order valence-electron chi connectivity index (χ4n) is 1.13. The predicted octanol–water partition coefficient (Wildman–Crippen LogP) is 1.61. The molecule has 0 aliphatic carbocycles. The van der Waals surface area contributed by atoms with Crippen molar-refractivity contribution in [2.75, 3.05) is 6.61 Å². The van der Waals surface area contributed by atoms with Gasteiger partial charge in [-0.3, -0.25) is 0 Å². The SMILES string of the molecule is B[SiH2]C1CCCCO1.Cl[Si](Cl)(Cl)Cl. The van der Waals surface area contributed by atoms with Crippen LogP contribution in [-0.2, 0) is 4.74 Å². The summed E-state index contributed by atoms with van der Waals surface area (Å²) in [6.45, 7) is 1.03. The summed E-state index contributed by atoms with van der Waals surface area (Å²) in [5.41, 5.74) is 0.726. The Balaban J connectivity index is 0.000000252. The lowest BCUT2D eigenvalue weighted by Crippen LogP contribution is -2.25. The molecule has 1 nitrogen and oxygen atoms in total. The molecular formula is C5H13BCl4OSi2. The first-order valence-electron chi connectivity index (χ1n) is 4.30. The Hall–Kier alpha value is 1.62. The van der Waals surface area contributed by atoms with Crippen molar-refractivity contribution in [1.29, 1.82) is 0 Å². The fraction of sp³-hybridized carbons (Fsp3) is 1.00. The molecule has 1 atom stereocenters. The fourth-order valence-corrected chi connectivity index (χ4v) is 2.23. The molecule has 0 bridgehead atoms. The van der Waals surface area contributed by atoms with Gasteiger partial charge in [-0.2, -0.15) is 0 Å². The molecule has 0 radical (unpaired) electrons. The zero-order valence-electron chi connectivity index (χ0n) is 7.53. The molecule has 0 aromatic rings. The van der Waals surface area contributed by atoms with Gasteiger partial charge in [-0.25, -0.2) is 0 Å². The summed E-state index contributed by atoms with van der Waals surface area (Å²) in [6.07, 6.45) is 4.05. The highest BCUT2D eigenvalue weighted by atomic mass is 36.0. The summed E-state index contributed by atoms with van der Waals surface area (Å²) in [5, 5.41) is -2.72. The van der Waals surface area contributed by atoms with Gasteiger partial charge in [0.05, 0.1) is 7.44 Å². The highest BCUT2D eigenvalue weighted by molar-refractivity contribution is 7.81. The highest BCUT2D eigenvalue weighted by Gasteiger charge is 2.19. The number of rotatable bonds is 1. The van der Waals surface area contributed by atoms with Crippen LogP contribution in [-0.4, -0.2) is 34.5 Å². The van der Waals surface area contributed by atoms with Crippen molar-refractivity contribution in [1.82, 2.24) is 0 Å². The van der Waals surface area contributed by atoms with Gasteiger partial charge in [0, 0.05) is 21.7 Å². The summed E-state index contributed by atoms with van der Waals surface area (Å²) in [4.78, 5) is 0. The molecule has 0 spiro atoms. The second-order valence-corrected chi connectivity index (χ2v) is 15.7. The minimum atomic E-state index is -2.72. The van der Waals surface area contributed by atoms with E-state index in [0.717, 1.165) is 12.3 Å². The van der Waals surface area contributed by atoms with Crippen LogP contribution in [0.3, 0.4) is 0 Å². The van der Waals surface area contributed by atoms with Crippen LogP contribution in [0.25, 0.3) is 0 Å². The molecule has 1 rings (SSSR count). The molecule has 1 heterocycles. The minimum Gasteiger partial charge on any atom is -0.383 e. The van der Waals surface area contributed by atoms with Crippen molar-refractivity contribution in [2.24, 2.45) is 0 Å². The molecule has 1 aliphatic heterocycles. The smallest absolute Gasteiger partial charge is 0.383 e. The van der Waals surface area contributed by atoms with Crippen LogP contribution in [0.1, 0.15) is 19.3 Å². The maximum absolute atomic E-state index is 5.49. The standard InChI is InChI=1S/C5H13BOSi.Cl4Si/c6-8-5-3-1-2-4-7-5;1-5(2,3)4/h5H,1-4,6,8H2;. The largest absolute Gasteiger partial charge is 0.440 e. The van der Waals surface area contributed by atoms with Gasteiger partial charge in [-0.15, -0.1) is 44.3 Å². The van der Waals surface area contributed by atoms with E-state index in [1.807, 2.05) is 0 Å². The summed E-state index contributed by atoms with van der Waals surface area (Å²) < 4.78 is 5.49. The Bertz CT molecular complexity index is 122. The Morgan fingerprint density at radius 2 is 1.77 bits per heavy atom. The first-order chi connectivity index (χ1) is 5.93. The monoisotopic (exact) mass is 296 g/mol. The highest BCUT2D eigenvalue weighted by Crippen LogP contribution is 2.23. The summed E-state index contributed by atoms with van der Waals surface area (Å²) in [5.74, 6) is 0. The van der Waals surface area contributed by atoms with Gasteiger partial charge >= 0.3 is 5.31 Å². The van der Waals surface area contributed by atoms with Crippen LogP contribution in [0.15, 0.2) is 0 Å². The van der Waals surface area contributed by atoms with E-state index in [2.05, 4.69) is 7.44 Å². The maximum Gasteiger partial charge on any atom is 0.440 e. The lowest BCUT2D eigenvalue weighted by Gasteiger charge is -2.20. The molecule has 1 fully saturated rings. The van der Waals surface area contributed by atoms with Crippen molar-refractivity contribution in [3.8, 4) is 0 Å². The predicted molar refractivity (Wildman–Crippen MR) is 69.8 cm³/mol. The van der Waals surface area contributed by atoms with Gasteiger partial charge < -0.3 is 4.74 Å². The van der Waals surface area contributed by atoms with Crippen LogP contribution in [0, 0.1) is 0 Å². The average Bonchev–Trinajstić information content (AvgIpc) is 2.03. The van der Waals surface area contributed by atoms with Gasteiger partial charge in [0.25, 0.3) is 0 Å². The Labute approximate surface area is 102 Å². The number of ether oxygens (including phenoxy) is 1. The van der Waals surface area contributed by atoms with E-state index >= 15 is 0 Å². The molecule has 0 amide bonds. The second-order valence-electron chi connectivity index (χ2n) is 2.83. The van der Waals surface area contributed by atoms with E-state index in [0.29, 0.717) is 0 Å². The van der Waals surface area contributed by atoms with Crippen molar-refractivity contribution < 1.29 is 4.74 Å². The van der Waals surface area contributed by atoms with Crippen molar-refractivity contribution in [3.63, 3.8) is 0 Å². The molecule has 8 heteroatoms. The molecule has 1 unspecified atom stereocenters. The molecular weight excluding hydrogens is 285 g/mol. The average molecular weight is 298 g/mol. The van der Waals surface area contributed by atoms with E-state index in [9.17, 15) is 0 Å². The summed E-state index contributed by atoms with van der Waals surface area (Å²) in [7, 11) is 2.48. The maximum atomic E-state index is 5.49. The second kappa shape index (κ2) is 7.85. The Kier molecular flexibility index (Phi) is 8.83. The molecule has 78 valence electrons. The van der Waals surface area contributed by atoms with E-state index in [-0.39, 0.29) is 9.39 Å². The third-order valence-electron chi connectivity index (χ3n) is 1.73. The third-order valence-corrected chi connectivity index (χ3v) is 3.28. The Morgan fingerprint density at radius 1 is 1.23 bits per heavy atom. The van der Waals surface area contributed by atoms with E-state index in [1.165, 1.54) is 19.3 Å². The van der Waals surface area contributed by atoms with Gasteiger partial charge in [-0.1, -0.05) is 0 Å². The normalized spacial score (nSPS) is 24.2. The van der Waals surface area contributed by atoms with Crippen LogP contribution in [0.2, 0.25) is 0 Å². The van der Waals surface area contributed by atoms with Gasteiger partial charge in [0.15, 0.2) is 0 Å². The van der Waals surface area contributed by atoms with Crippen LogP contribution >= 0.6 is 44.3 Å². The lowest BCUT2D eigenvalue weighted by molar-refractivity contribution is 0.0666. The van der Waals surface area contributed by atoms with Crippen LogP contribution in [0.4, 0.5) is 0 Å². The first-order valence-corrected chi connectivity index (χ1v) is 12.6. The van der Waals surface area contributed by atoms with Crippen molar-refractivity contribution in [3.05, 3.63) is 0 Å². The first kappa shape index (κ1) is 14.6. The minimum absolute atomic E-state index is 0.146. The van der Waals surface area contributed by atoms with E-state index in [1.54, 1.807) is 0 Å².